The number of pyridine rings is 1. The molecule has 1 N–H and O–H groups in total. The summed E-state index contributed by atoms with van der Waals surface area (Å²) in [6.45, 7) is 10.8. The highest BCUT2D eigenvalue weighted by Gasteiger charge is 2.20. The van der Waals surface area contributed by atoms with Crippen molar-refractivity contribution in [3.05, 3.63) is 59.2 Å². The first-order valence-electron chi connectivity index (χ1n) is 8.79. The number of ether oxygens (including phenoxy) is 1. The predicted molar refractivity (Wildman–Crippen MR) is 109 cm³/mol. The highest BCUT2D eigenvalue weighted by Crippen LogP contribution is 2.36. The zero-order valence-electron chi connectivity index (χ0n) is 15.9. The summed E-state index contributed by atoms with van der Waals surface area (Å²) in [5.41, 5.74) is 3.02. The maximum atomic E-state index is 6.20. The van der Waals surface area contributed by atoms with Crippen molar-refractivity contribution in [3.63, 3.8) is 0 Å². The molecule has 2 heterocycles. The molecule has 0 fully saturated rings. The Labute approximate surface area is 159 Å². The van der Waals surface area contributed by atoms with E-state index >= 15 is 0 Å². The van der Waals surface area contributed by atoms with Crippen molar-refractivity contribution in [2.45, 2.75) is 46.0 Å². The summed E-state index contributed by atoms with van der Waals surface area (Å²) in [4.78, 5) is 9.06. The SMILES string of the molecule is CC(C)c1csc(Nc2cccnc2Oc2ccccc2C(C)(C)C)n1. The average molecular weight is 368 g/mol. The minimum Gasteiger partial charge on any atom is -0.437 e. The number of nitrogens with zero attached hydrogens (tertiary/aromatic N) is 2. The van der Waals surface area contributed by atoms with E-state index in [2.05, 4.69) is 61.3 Å². The van der Waals surface area contributed by atoms with Gasteiger partial charge in [0, 0.05) is 17.1 Å². The number of hydrogen-bond acceptors (Lipinski definition) is 5. The van der Waals surface area contributed by atoms with Gasteiger partial charge >= 0.3 is 0 Å². The lowest BCUT2D eigenvalue weighted by Gasteiger charge is -2.22. The van der Waals surface area contributed by atoms with Crippen molar-refractivity contribution in [1.29, 1.82) is 0 Å². The van der Waals surface area contributed by atoms with Crippen molar-refractivity contribution in [1.82, 2.24) is 9.97 Å². The molecule has 0 saturated carbocycles. The van der Waals surface area contributed by atoms with E-state index in [4.69, 9.17) is 4.74 Å². The summed E-state index contributed by atoms with van der Waals surface area (Å²) in [5.74, 6) is 1.78. The highest BCUT2D eigenvalue weighted by molar-refractivity contribution is 7.13. The monoisotopic (exact) mass is 367 g/mol. The van der Waals surface area contributed by atoms with Gasteiger partial charge in [0.25, 0.3) is 0 Å². The van der Waals surface area contributed by atoms with Crippen molar-refractivity contribution in [3.8, 4) is 11.6 Å². The third-order valence-corrected chi connectivity index (χ3v) is 4.80. The maximum absolute atomic E-state index is 6.20. The first-order valence-corrected chi connectivity index (χ1v) is 9.67. The highest BCUT2D eigenvalue weighted by atomic mass is 32.1. The number of thiazole rings is 1. The van der Waals surface area contributed by atoms with Gasteiger partial charge in [-0.05, 0) is 29.5 Å². The fraction of sp³-hybridized carbons (Fsp3) is 0.333. The minimum absolute atomic E-state index is 0.0135. The van der Waals surface area contributed by atoms with Crippen LogP contribution in [0.5, 0.6) is 11.6 Å². The minimum atomic E-state index is -0.0135. The van der Waals surface area contributed by atoms with Gasteiger partial charge in [0.1, 0.15) is 11.4 Å². The Morgan fingerprint density at radius 1 is 1.08 bits per heavy atom. The van der Waals surface area contributed by atoms with Crippen LogP contribution < -0.4 is 10.1 Å². The summed E-state index contributed by atoms with van der Waals surface area (Å²) < 4.78 is 6.20. The molecule has 0 spiro atoms. The van der Waals surface area contributed by atoms with E-state index in [0.29, 0.717) is 11.8 Å². The second kappa shape index (κ2) is 7.46. The Bertz CT molecular complexity index is 881. The van der Waals surface area contributed by atoms with Crippen molar-refractivity contribution < 1.29 is 4.74 Å². The first-order chi connectivity index (χ1) is 12.3. The van der Waals surface area contributed by atoms with Gasteiger partial charge < -0.3 is 10.1 Å². The molecule has 136 valence electrons. The third-order valence-electron chi connectivity index (χ3n) is 4.03. The quantitative estimate of drug-likeness (QED) is 0.559. The molecule has 2 aromatic heterocycles. The van der Waals surface area contributed by atoms with Gasteiger partial charge in [0.2, 0.25) is 5.88 Å². The average Bonchev–Trinajstić information content (AvgIpc) is 3.05. The summed E-state index contributed by atoms with van der Waals surface area (Å²) >= 11 is 1.59. The summed E-state index contributed by atoms with van der Waals surface area (Å²) in [6.07, 6.45) is 1.74. The molecule has 0 aliphatic heterocycles. The van der Waals surface area contributed by atoms with Crippen molar-refractivity contribution >= 4 is 22.2 Å². The predicted octanol–water partition coefficient (Wildman–Crippen LogP) is 6.49. The van der Waals surface area contributed by atoms with E-state index in [1.807, 2.05) is 30.3 Å². The molecule has 0 atom stereocenters. The van der Waals surface area contributed by atoms with Crippen LogP contribution in [0.15, 0.2) is 48.0 Å². The van der Waals surface area contributed by atoms with E-state index in [1.54, 1.807) is 17.5 Å². The van der Waals surface area contributed by atoms with Gasteiger partial charge in [-0.2, -0.15) is 0 Å². The Hall–Kier alpha value is -2.40. The molecule has 1 aromatic carbocycles. The lowest BCUT2D eigenvalue weighted by atomic mass is 9.86. The van der Waals surface area contributed by atoms with E-state index in [1.165, 1.54) is 0 Å². The van der Waals surface area contributed by atoms with E-state index in [0.717, 1.165) is 27.8 Å². The van der Waals surface area contributed by atoms with Gasteiger partial charge in [-0.25, -0.2) is 9.97 Å². The summed E-state index contributed by atoms with van der Waals surface area (Å²) in [7, 11) is 0. The van der Waals surface area contributed by atoms with Crippen LogP contribution in [0.4, 0.5) is 10.8 Å². The smallest absolute Gasteiger partial charge is 0.243 e. The van der Waals surface area contributed by atoms with E-state index in [9.17, 15) is 0 Å². The molecule has 0 aliphatic carbocycles. The topological polar surface area (TPSA) is 47.0 Å². The van der Waals surface area contributed by atoms with Crippen LogP contribution in [0, 0.1) is 0 Å². The normalized spacial score (nSPS) is 11.6. The van der Waals surface area contributed by atoms with Crippen LogP contribution >= 0.6 is 11.3 Å². The number of aromatic nitrogens is 2. The molecule has 0 amide bonds. The Morgan fingerprint density at radius 3 is 2.54 bits per heavy atom. The van der Waals surface area contributed by atoms with Crippen LogP contribution in [-0.2, 0) is 5.41 Å². The molecular formula is C21H25N3OS. The number of benzene rings is 1. The van der Waals surface area contributed by atoms with Gasteiger partial charge in [-0.1, -0.05) is 52.8 Å². The number of nitrogens with one attached hydrogen (secondary N) is 1. The zero-order valence-corrected chi connectivity index (χ0v) is 16.7. The largest absolute Gasteiger partial charge is 0.437 e. The standard InChI is InChI=1S/C21H25N3OS/c1-14(2)17-13-26-20(24-17)23-16-10-8-12-22-19(16)25-18-11-7-6-9-15(18)21(3,4)5/h6-14H,1-5H3,(H,23,24). The van der Waals surface area contributed by atoms with Crippen LogP contribution in [0.3, 0.4) is 0 Å². The van der Waals surface area contributed by atoms with Crippen LogP contribution in [0.1, 0.15) is 51.8 Å². The molecule has 26 heavy (non-hydrogen) atoms. The van der Waals surface area contributed by atoms with Crippen molar-refractivity contribution in [2.24, 2.45) is 0 Å². The van der Waals surface area contributed by atoms with Gasteiger partial charge in [0.15, 0.2) is 5.13 Å². The molecule has 5 heteroatoms. The number of rotatable bonds is 5. The molecule has 4 nitrogen and oxygen atoms in total. The van der Waals surface area contributed by atoms with E-state index in [-0.39, 0.29) is 5.41 Å². The fourth-order valence-electron chi connectivity index (χ4n) is 2.57. The number of para-hydroxylation sites is 1. The second-order valence-electron chi connectivity index (χ2n) is 7.56. The molecule has 3 aromatic rings. The lowest BCUT2D eigenvalue weighted by Crippen LogP contribution is -2.12. The molecule has 0 aliphatic rings. The third kappa shape index (κ3) is 4.22. The number of anilines is 2. The molecule has 0 saturated heterocycles. The molecule has 3 rings (SSSR count). The second-order valence-corrected chi connectivity index (χ2v) is 8.42. The van der Waals surface area contributed by atoms with Crippen LogP contribution in [0.25, 0.3) is 0 Å². The van der Waals surface area contributed by atoms with Gasteiger partial charge in [-0.15, -0.1) is 11.3 Å². The fourth-order valence-corrected chi connectivity index (χ4v) is 3.45. The van der Waals surface area contributed by atoms with Crippen LogP contribution in [0.2, 0.25) is 0 Å². The van der Waals surface area contributed by atoms with Gasteiger partial charge in [-0.3, -0.25) is 0 Å². The molecule has 0 radical (unpaired) electrons. The Kier molecular flexibility index (Phi) is 5.28. The number of hydrogen-bond donors (Lipinski definition) is 1. The Balaban J connectivity index is 1.89. The van der Waals surface area contributed by atoms with Crippen LogP contribution in [-0.4, -0.2) is 9.97 Å². The lowest BCUT2D eigenvalue weighted by molar-refractivity contribution is 0.442. The van der Waals surface area contributed by atoms with Gasteiger partial charge in [0.05, 0.1) is 5.69 Å². The molecule has 0 bridgehead atoms. The Morgan fingerprint density at radius 2 is 1.85 bits per heavy atom. The van der Waals surface area contributed by atoms with E-state index < -0.39 is 0 Å². The zero-order chi connectivity index (χ0) is 18.7. The maximum Gasteiger partial charge on any atom is 0.243 e. The first kappa shape index (κ1) is 18.4. The summed E-state index contributed by atoms with van der Waals surface area (Å²) in [5, 5.41) is 6.27. The van der Waals surface area contributed by atoms with Crippen molar-refractivity contribution in [2.75, 3.05) is 5.32 Å². The molecular weight excluding hydrogens is 342 g/mol. The summed E-state index contributed by atoms with van der Waals surface area (Å²) in [6, 6.07) is 11.9. The molecule has 0 unspecified atom stereocenters.